The average molecular weight is 369 g/mol. The zero-order valence-electron chi connectivity index (χ0n) is 14.2. The summed E-state index contributed by atoms with van der Waals surface area (Å²) < 4.78 is 0. The van der Waals surface area contributed by atoms with E-state index in [0.29, 0.717) is 5.56 Å². The molecule has 25 heavy (non-hydrogen) atoms. The van der Waals surface area contributed by atoms with Gasteiger partial charge in [-0.3, -0.25) is 4.79 Å². The summed E-state index contributed by atoms with van der Waals surface area (Å²) in [5.74, 6) is 0.718. The Balaban J connectivity index is 1.70. The topological polar surface area (TPSA) is 42.0 Å². The summed E-state index contributed by atoms with van der Waals surface area (Å²) in [4.78, 5) is 18.0. The van der Waals surface area contributed by atoms with Crippen LogP contribution in [0.3, 0.4) is 0 Å². The number of aromatic nitrogens is 1. The van der Waals surface area contributed by atoms with Gasteiger partial charge in [-0.25, -0.2) is 4.98 Å². The lowest BCUT2D eigenvalue weighted by Gasteiger charge is -2.16. The van der Waals surface area contributed by atoms with Crippen LogP contribution in [0.5, 0.6) is 0 Å². The second-order valence-corrected chi connectivity index (χ2v) is 7.61. The highest BCUT2D eigenvalue weighted by atomic mass is 32.2. The number of amides is 1. The highest BCUT2D eigenvalue weighted by molar-refractivity contribution is 7.98. The van der Waals surface area contributed by atoms with Gasteiger partial charge in [0.1, 0.15) is 0 Å². The Morgan fingerprint density at radius 2 is 1.96 bits per heavy atom. The Kier molecular flexibility index (Phi) is 5.89. The summed E-state index contributed by atoms with van der Waals surface area (Å²) in [6, 6.07) is 15.9. The smallest absolute Gasteiger partial charge is 0.252 e. The SMILES string of the molecule is Cc1ccc(C(C)NC(=O)c2ccccc2SCc2cscn2)cc1. The maximum atomic E-state index is 12.7. The van der Waals surface area contributed by atoms with Crippen LogP contribution in [0.2, 0.25) is 0 Å². The van der Waals surface area contributed by atoms with Crippen molar-refractivity contribution in [3.8, 4) is 0 Å². The van der Waals surface area contributed by atoms with E-state index in [1.807, 2.05) is 42.1 Å². The van der Waals surface area contributed by atoms with E-state index in [9.17, 15) is 4.79 Å². The molecule has 1 atom stereocenters. The van der Waals surface area contributed by atoms with Gasteiger partial charge in [0.15, 0.2) is 0 Å². The molecule has 0 saturated heterocycles. The van der Waals surface area contributed by atoms with Gasteiger partial charge in [0.25, 0.3) is 5.91 Å². The molecule has 0 aliphatic rings. The minimum absolute atomic E-state index is 0.0373. The molecule has 0 fully saturated rings. The lowest BCUT2D eigenvalue weighted by molar-refractivity contribution is 0.0937. The highest BCUT2D eigenvalue weighted by Crippen LogP contribution is 2.27. The summed E-state index contributed by atoms with van der Waals surface area (Å²) in [6.07, 6.45) is 0. The zero-order valence-corrected chi connectivity index (χ0v) is 15.9. The number of nitrogens with zero attached hydrogens (tertiary/aromatic N) is 1. The van der Waals surface area contributed by atoms with Gasteiger partial charge >= 0.3 is 0 Å². The summed E-state index contributed by atoms with van der Waals surface area (Å²) in [5, 5.41) is 5.14. The maximum Gasteiger partial charge on any atom is 0.252 e. The van der Waals surface area contributed by atoms with Crippen molar-refractivity contribution >= 4 is 29.0 Å². The van der Waals surface area contributed by atoms with Crippen LogP contribution in [0.25, 0.3) is 0 Å². The quantitative estimate of drug-likeness (QED) is 0.605. The van der Waals surface area contributed by atoms with Crippen molar-refractivity contribution in [2.75, 3.05) is 0 Å². The van der Waals surface area contributed by atoms with Crippen molar-refractivity contribution in [2.24, 2.45) is 0 Å². The number of hydrogen-bond donors (Lipinski definition) is 1. The highest BCUT2D eigenvalue weighted by Gasteiger charge is 2.15. The van der Waals surface area contributed by atoms with Crippen LogP contribution in [0.4, 0.5) is 0 Å². The number of carbonyl (C=O) groups is 1. The van der Waals surface area contributed by atoms with Crippen LogP contribution in [0.1, 0.15) is 40.1 Å². The van der Waals surface area contributed by atoms with E-state index in [1.165, 1.54) is 5.56 Å². The largest absolute Gasteiger partial charge is 0.345 e. The van der Waals surface area contributed by atoms with Gasteiger partial charge in [-0.2, -0.15) is 0 Å². The van der Waals surface area contributed by atoms with Crippen molar-refractivity contribution < 1.29 is 4.79 Å². The molecular weight excluding hydrogens is 348 g/mol. The molecule has 2 aromatic carbocycles. The van der Waals surface area contributed by atoms with E-state index in [2.05, 4.69) is 41.5 Å². The molecule has 3 rings (SSSR count). The standard InChI is InChI=1S/C20H20N2OS2/c1-14-7-9-16(10-8-14)15(2)22-20(23)18-5-3-4-6-19(18)25-12-17-11-24-13-21-17/h3-11,13,15H,12H2,1-2H3,(H,22,23). The van der Waals surface area contributed by atoms with Crippen LogP contribution in [-0.4, -0.2) is 10.9 Å². The molecule has 1 aromatic heterocycles. The molecule has 5 heteroatoms. The van der Waals surface area contributed by atoms with Crippen molar-refractivity contribution in [3.05, 3.63) is 81.8 Å². The van der Waals surface area contributed by atoms with Gasteiger partial charge in [-0.05, 0) is 31.5 Å². The van der Waals surface area contributed by atoms with E-state index in [0.717, 1.165) is 21.9 Å². The summed E-state index contributed by atoms with van der Waals surface area (Å²) in [5.41, 5.74) is 5.90. The van der Waals surface area contributed by atoms with E-state index >= 15 is 0 Å². The Morgan fingerprint density at radius 1 is 1.20 bits per heavy atom. The first kappa shape index (κ1) is 17.7. The van der Waals surface area contributed by atoms with E-state index in [1.54, 1.807) is 23.1 Å². The van der Waals surface area contributed by atoms with E-state index in [4.69, 9.17) is 0 Å². The predicted octanol–water partition coefficient (Wildman–Crippen LogP) is 5.23. The van der Waals surface area contributed by atoms with E-state index < -0.39 is 0 Å². The molecule has 1 heterocycles. The number of carbonyl (C=O) groups excluding carboxylic acids is 1. The van der Waals surface area contributed by atoms with Gasteiger partial charge in [0, 0.05) is 16.0 Å². The van der Waals surface area contributed by atoms with E-state index in [-0.39, 0.29) is 11.9 Å². The van der Waals surface area contributed by atoms with Gasteiger partial charge < -0.3 is 5.32 Å². The lowest BCUT2D eigenvalue weighted by atomic mass is 10.1. The fourth-order valence-corrected chi connectivity index (χ4v) is 4.07. The van der Waals surface area contributed by atoms with Crippen LogP contribution < -0.4 is 5.32 Å². The molecule has 0 aliphatic carbocycles. The fraction of sp³-hybridized carbons (Fsp3) is 0.200. The van der Waals surface area contributed by atoms with Gasteiger partial charge in [0.2, 0.25) is 0 Å². The third-order valence-electron chi connectivity index (χ3n) is 3.92. The summed E-state index contributed by atoms with van der Waals surface area (Å²) >= 11 is 3.23. The molecule has 1 unspecified atom stereocenters. The fourth-order valence-electron chi connectivity index (χ4n) is 2.45. The van der Waals surface area contributed by atoms with Crippen molar-refractivity contribution in [2.45, 2.75) is 30.5 Å². The number of aryl methyl sites for hydroxylation is 1. The average Bonchev–Trinajstić information content (AvgIpc) is 3.14. The number of thiazole rings is 1. The monoisotopic (exact) mass is 368 g/mol. The van der Waals surface area contributed by atoms with Crippen LogP contribution in [0, 0.1) is 6.92 Å². The molecule has 0 saturated carbocycles. The molecule has 3 nitrogen and oxygen atoms in total. The predicted molar refractivity (Wildman–Crippen MR) is 105 cm³/mol. The molecule has 1 amide bonds. The second kappa shape index (κ2) is 8.32. The molecule has 1 N–H and O–H groups in total. The molecule has 3 aromatic rings. The molecule has 128 valence electrons. The van der Waals surface area contributed by atoms with Gasteiger partial charge in [-0.15, -0.1) is 23.1 Å². The number of benzene rings is 2. The second-order valence-electron chi connectivity index (χ2n) is 5.87. The lowest BCUT2D eigenvalue weighted by Crippen LogP contribution is -2.27. The number of nitrogens with one attached hydrogen (secondary N) is 1. The number of thioether (sulfide) groups is 1. The first-order valence-electron chi connectivity index (χ1n) is 8.10. The molecule has 0 bridgehead atoms. The summed E-state index contributed by atoms with van der Waals surface area (Å²) in [6.45, 7) is 4.07. The Labute approximate surface area is 156 Å². The first-order valence-corrected chi connectivity index (χ1v) is 10.0. The number of hydrogen-bond acceptors (Lipinski definition) is 4. The number of rotatable bonds is 6. The minimum atomic E-state index is -0.0468. The van der Waals surface area contributed by atoms with Crippen LogP contribution in [-0.2, 0) is 5.75 Å². The van der Waals surface area contributed by atoms with Gasteiger partial charge in [-0.1, -0.05) is 42.0 Å². The molecule has 0 radical (unpaired) electrons. The van der Waals surface area contributed by atoms with Crippen LogP contribution in [0.15, 0.2) is 64.3 Å². The molecule has 0 spiro atoms. The Morgan fingerprint density at radius 3 is 2.68 bits per heavy atom. The minimum Gasteiger partial charge on any atom is -0.345 e. The van der Waals surface area contributed by atoms with Crippen molar-refractivity contribution in [1.82, 2.24) is 10.3 Å². The molecular formula is C20H20N2OS2. The van der Waals surface area contributed by atoms with Crippen molar-refractivity contribution in [3.63, 3.8) is 0 Å². The maximum absolute atomic E-state index is 12.7. The summed E-state index contributed by atoms with van der Waals surface area (Å²) in [7, 11) is 0. The third kappa shape index (κ3) is 4.71. The first-order chi connectivity index (χ1) is 12.1. The Bertz CT molecular complexity index is 829. The normalized spacial score (nSPS) is 11.9. The third-order valence-corrected chi connectivity index (χ3v) is 5.66. The van der Waals surface area contributed by atoms with Crippen molar-refractivity contribution in [1.29, 1.82) is 0 Å². The zero-order chi connectivity index (χ0) is 17.6. The van der Waals surface area contributed by atoms with Crippen LogP contribution >= 0.6 is 23.1 Å². The molecule has 0 aliphatic heterocycles. The van der Waals surface area contributed by atoms with Gasteiger partial charge in [0.05, 0.1) is 22.8 Å². The Hall–Kier alpha value is -2.11.